The first kappa shape index (κ1) is 83.5. The molecule has 9 aromatic rings. The second-order valence-corrected chi connectivity index (χ2v) is 38.0. The average Bonchev–Trinajstić information content (AvgIpc) is 0.739. The molecular formula is C84H83F8O14S5+. The third kappa shape index (κ3) is 20.0. The van der Waals surface area contributed by atoms with Crippen molar-refractivity contribution in [2.75, 3.05) is 13.2 Å². The first-order chi connectivity index (χ1) is 52.6. The predicted molar refractivity (Wildman–Crippen MR) is 402 cm³/mol. The fourth-order valence-corrected chi connectivity index (χ4v) is 23.8. The average molecular weight is 1630 g/mol. The van der Waals surface area contributed by atoms with Crippen LogP contribution < -0.4 is 0 Å². The second-order valence-electron chi connectivity index (χ2n) is 29.1. The SMILES string of the molecule is O=C(OCCC(F)(F)C(F)(F)S(=O)(=O)[O-])C12CC3CC(CC(C3)C1)C2.O=C(OCCC(F)(F)C(F)(F)S(=O)(=O)[O-])C12CC3CC(CC(O)(C3)C1)C2.Oc1ccc([S+](c2ccccc2)c2ccccc2)cc1.Oc1ccc([S+](c2ccccc2)c2ccccc2)cc1.Oc1ccc([S+](c2ccccc2)c2ccccc2)cc1. The van der Waals surface area contributed by atoms with Gasteiger partial charge in [-0.15, -0.1) is 0 Å². The van der Waals surface area contributed by atoms with Gasteiger partial charge in [0.25, 0.3) is 0 Å². The van der Waals surface area contributed by atoms with Gasteiger partial charge < -0.3 is 39.0 Å². The highest BCUT2D eigenvalue weighted by Gasteiger charge is 2.64. The van der Waals surface area contributed by atoms with Crippen molar-refractivity contribution in [1.82, 2.24) is 0 Å². The molecule has 8 bridgehead atoms. The molecule has 0 heterocycles. The van der Waals surface area contributed by atoms with Crippen LogP contribution in [0.25, 0.3) is 0 Å². The lowest BCUT2D eigenvalue weighted by Gasteiger charge is -2.58. The molecule has 2 atom stereocenters. The van der Waals surface area contributed by atoms with Crippen LogP contribution in [0.4, 0.5) is 35.1 Å². The second kappa shape index (κ2) is 34.9. The molecule has 8 fully saturated rings. The van der Waals surface area contributed by atoms with Crippen molar-refractivity contribution < 1.29 is 101 Å². The van der Waals surface area contributed by atoms with Gasteiger partial charge in [0.1, 0.15) is 17.2 Å². The number of carbonyl (C=O) groups is 2. The maximum atomic E-state index is 13.4. The van der Waals surface area contributed by atoms with Crippen molar-refractivity contribution in [3.05, 3.63) is 255 Å². The van der Waals surface area contributed by atoms with Crippen molar-refractivity contribution in [3.63, 3.8) is 0 Å². The van der Waals surface area contributed by atoms with E-state index in [9.17, 15) is 91.1 Å². The van der Waals surface area contributed by atoms with Gasteiger partial charge in [0.05, 0.1) is 75.2 Å². The third-order valence-electron chi connectivity index (χ3n) is 20.8. The molecule has 2 unspecified atom stereocenters. The lowest BCUT2D eigenvalue weighted by molar-refractivity contribution is -0.201. The van der Waals surface area contributed by atoms with Crippen LogP contribution in [-0.4, -0.2) is 99.5 Å². The lowest BCUT2D eigenvalue weighted by Crippen LogP contribution is -2.58. The van der Waals surface area contributed by atoms with E-state index in [1.807, 2.05) is 72.8 Å². The topological polar surface area (TPSA) is 248 Å². The van der Waals surface area contributed by atoms with Crippen LogP contribution in [0.1, 0.15) is 89.9 Å². The highest BCUT2D eigenvalue weighted by Crippen LogP contribution is 2.63. The van der Waals surface area contributed by atoms with Crippen LogP contribution >= 0.6 is 0 Å². The number of aliphatic hydroxyl groups is 1. The number of ether oxygens (including phenoxy) is 2. The van der Waals surface area contributed by atoms with Gasteiger partial charge in [-0.3, -0.25) is 9.59 Å². The monoisotopic (exact) mass is 1630 g/mol. The normalized spacial score (nSPS) is 22.3. The van der Waals surface area contributed by atoms with E-state index in [2.05, 4.69) is 146 Å². The summed E-state index contributed by atoms with van der Waals surface area (Å²) < 4.78 is 177. The number of phenolic OH excluding ortho intramolecular Hbond substituents is 3. The number of halogens is 8. The Labute approximate surface area is 648 Å². The van der Waals surface area contributed by atoms with Crippen molar-refractivity contribution in [2.24, 2.45) is 40.4 Å². The predicted octanol–water partition coefficient (Wildman–Crippen LogP) is 18.4. The summed E-state index contributed by atoms with van der Waals surface area (Å²) in [5.74, 6) is -9.36. The molecule has 4 N–H and O–H groups in total. The first-order valence-corrected chi connectivity index (χ1v) is 42.5. The summed E-state index contributed by atoms with van der Waals surface area (Å²) in [5.41, 5.74) is -2.73. The lowest BCUT2D eigenvalue weighted by atomic mass is 9.48. The van der Waals surface area contributed by atoms with E-state index in [1.165, 1.54) is 44.1 Å². The van der Waals surface area contributed by atoms with Crippen molar-refractivity contribution in [3.8, 4) is 17.2 Å². The summed E-state index contributed by atoms with van der Waals surface area (Å²) in [6, 6.07) is 85.4. The maximum absolute atomic E-state index is 13.4. The summed E-state index contributed by atoms with van der Waals surface area (Å²) in [5, 5.41) is 27.5. The van der Waals surface area contributed by atoms with Crippen LogP contribution in [0.3, 0.4) is 0 Å². The highest BCUT2D eigenvalue weighted by atomic mass is 32.2. The number of alkyl halides is 8. The van der Waals surface area contributed by atoms with E-state index in [0.29, 0.717) is 79.9 Å². The van der Waals surface area contributed by atoms with Gasteiger partial charge in [-0.25, -0.2) is 16.8 Å². The molecule has 8 aliphatic carbocycles. The standard InChI is InChI=1S/3C18H14OS.C15H20F4O6S.C15H20F4O5S/c3*19-15-11-13-18(14-12-15)20(16-7-3-1-4-8-16)17-9-5-2-6-10-17;16-14(17,15(18,19)26(22,23)24)1-2-25-11(20)12-4-9-3-10(5-12)7-13(21,6-9)8-12;16-14(17,15(18,19)25(21,22)23)1-2-24-12(20)13-6-9-3-10(7-13)5-11(4-9)8-13/h3*1-14H;9-10,21H,1-8H2,(H,22,23,24);9-11H,1-8H2,(H,21,22,23)/p+1. The number of aromatic hydroxyl groups is 3. The van der Waals surface area contributed by atoms with E-state index in [4.69, 9.17) is 9.47 Å². The van der Waals surface area contributed by atoms with E-state index in [-0.39, 0.29) is 50.9 Å². The van der Waals surface area contributed by atoms with Crippen LogP contribution in [0.15, 0.2) is 299 Å². The summed E-state index contributed by atoms with van der Waals surface area (Å²) in [7, 11) is -13.5. The van der Waals surface area contributed by atoms with Gasteiger partial charge in [0.2, 0.25) is 0 Å². The number of hydrogen-bond acceptors (Lipinski definition) is 14. The minimum Gasteiger partial charge on any atom is -0.743 e. The number of carbonyl (C=O) groups excluding carboxylic acids is 2. The Bertz CT molecular complexity index is 4320. The van der Waals surface area contributed by atoms with Crippen LogP contribution in [0.5, 0.6) is 17.2 Å². The van der Waals surface area contributed by atoms with E-state index in [1.54, 1.807) is 36.4 Å². The molecule has 0 aromatic heterocycles. The van der Waals surface area contributed by atoms with Gasteiger partial charge in [0.15, 0.2) is 64.3 Å². The smallest absolute Gasteiger partial charge is 0.396 e. The maximum Gasteiger partial charge on any atom is 0.396 e. The zero-order valence-corrected chi connectivity index (χ0v) is 64.0. The molecule has 0 aliphatic heterocycles. The third-order valence-corrected chi connectivity index (χ3v) is 29.3. The molecular weight excluding hydrogens is 1550 g/mol. The summed E-state index contributed by atoms with van der Waals surface area (Å²) >= 11 is 0. The Balaban J connectivity index is 0.000000138. The Hall–Kier alpha value is -8.41. The van der Waals surface area contributed by atoms with E-state index >= 15 is 0 Å². The molecule has 0 radical (unpaired) electrons. The van der Waals surface area contributed by atoms with Gasteiger partial charge in [-0.1, -0.05) is 109 Å². The van der Waals surface area contributed by atoms with Crippen LogP contribution in [-0.2, 0) is 72.0 Å². The summed E-state index contributed by atoms with van der Waals surface area (Å²) in [6.45, 7) is -2.20. The molecule has 0 amide bonds. The largest absolute Gasteiger partial charge is 0.743 e. The van der Waals surface area contributed by atoms with Crippen LogP contribution in [0.2, 0.25) is 0 Å². The molecule has 17 rings (SSSR count). The van der Waals surface area contributed by atoms with Crippen molar-refractivity contribution >= 4 is 64.9 Å². The minimum absolute atomic E-state index is 0.130. The number of hydrogen-bond donors (Lipinski definition) is 4. The Kier molecular flexibility index (Phi) is 26.3. The fourth-order valence-electron chi connectivity index (χ4n) is 16.6. The van der Waals surface area contributed by atoms with E-state index < -0.39 is 97.0 Å². The Morgan fingerprint density at radius 3 is 0.802 bits per heavy atom. The molecule has 0 saturated heterocycles. The summed E-state index contributed by atoms with van der Waals surface area (Å²) in [4.78, 5) is 36.1. The number of benzene rings is 9. The van der Waals surface area contributed by atoms with Crippen molar-refractivity contribution in [1.29, 1.82) is 0 Å². The molecule has 111 heavy (non-hydrogen) atoms. The highest BCUT2D eigenvalue weighted by molar-refractivity contribution is 7.97. The number of rotatable bonds is 21. The molecule has 8 saturated carbocycles. The minimum atomic E-state index is -6.56. The molecule has 14 nitrogen and oxygen atoms in total. The molecule has 588 valence electrons. The quantitative estimate of drug-likeness (QED) is 0.0226. The molecule has 9 aromatic carbocycles. The fraction of sp³-hybridized carbons (Fsp3) is 0.333. The zero-order chi connectivity index (χ0) is 79.6. The Morgan fingerprint density at radius 1 is 0.351 bits per heavy atom. The molecule has 0 spiro atoms. The van der Waals surface area contributed by atoms with Gasteiger partial charge >= 0.3 is 34.3 Å². The number of esters is 2. The molecule has 27 heteroatoms. The van der Waals surface area contributed by atoms with Gasteiger partial charge in [-0.05, 0) is 252 Å². The number of phenols is 3. The van der Waals surface area contributed by atoms with Crippen LogP contribution in [0, 0.1) is 40.4 Å². The van der Waals surface area contributed by atoms with Crippen molar-refractivity contribution in [2.45, 2.75) is 162 Å². The van der Waals surface area contributed by atoms with Gasteiger partial charge in [-0.2, -0.15) is 35.1 Å². The van der Waals surface area contributed by atoms with E-state index in [0.717, 1.165) is 25.7 Å². The zero-order valence-electron chi connectivity index (χ0n) is 59.9. The molecule has 8 aliphatic rings. The first-order valence-electron chi connectivity index (χ1n) is 36.0. The van der Waals surface area contributed by atoms with Gasteiger partial charge in [0, 0.05) is 0 Å². The summed E-state index contributed by atoms with van der Waals surface area (Å²) in [6.07, 6.45) is 4.59. The Morgan fingerprint density at radius 2 is 0.568 bits per heavy atom.